The van der Waals surface area contributed by atoms with Crippen LogP contribution in [0.2, 0.25) is 0 Å². The number of nitrogens with one attached hydrogen (secondary N) is 2. The smallest absolute Gasteiger partial charge is 0.237 e. The van der Waals surface area contributed by atoms with Gasteiger partial charge in [-0.1, -0.05) is 13.3 Å². The molecule has 0 bridgehead atoms. The molecule has 0 aliphatic carbocycles. The Morgan fingerprint density at radius 2 is 2.22 bits per heavy atom. The topological polar surface area (TPSA) is 54.3 Å². The second-order valence-electron chi connectivity index (χ2n) is 4.70. The van der Waals surface area contributed by atoms with Crippen molar-refractivity contribution >= 4 is 5.91 Å². The Balaban J connectivity index is 2.19. The van der Waals surface area contributed by atoms with Gasteiger partial charge < -0.3 is 15.1 Å². The molecule has 0 fully saturated rings. The monoisotopic (exact) mass is 252 g/mol. The van der Waals surface area contributed by atoms with Gasteiger partial charge in [0.25, 0.3) is 0 Å². The molecule has 0 aromatic carbocycles. The summed E-state index contributed by atoms with van der Waals surface area (Å²) in [6, 6.07) is 3.89. The van der Waals surface area contributed by atoms with Crippen molar-refractivity contribution in [3.8, 4) is 0 Å². The molecule has 18 heavy (non-hydrogen) atoms. The molecule has 1 rings (SSSR count). The summed E-state index contributed by atoms with van der Waals surface area (Å²) in [5.41, 5.74) is 0. The lowest BCUT2D eigenvalue weighted by molar-refractivity contribution is -0.123. The van der Waals surface area contributed by atoms with E-state index in [0.29, 0.717) is 0 Å². The Morgan fingerprint density at radius 1 is 1.44 bits per heavy atom. The third-order valence-corrected chi connectivity index (χ3v) is 2.91. The van der Waals surface area contributed by atoms with Gasteiger partial charge in [-0.15, -0.1) is 0 Å². The average Bonchev–Trinajstić information content (AvgIpc) is 2.82. The second kappa shape index (κ2) is 7.93. The van der Waals surface area contributed by atoms with E-state index >= 15 is 0 Å². The minimum Gasteiger partial charge on any atom is -0.469 e. The van der Waals surface area contributed by atoms with Gasteiger partial charge in [0, 0.05) is 19.0 Å². The highest BCUT2D eigenvalue weighted by atomic mass is 16.3. The van der Waals surface area contributed by atoms with Gasteiger partial charge in [-0.25, -0.2) is 0 Å². The highest BCUT2D eigenvalue weighted by Crippen LogP contribution is 2.00. The van der Waals surface area contributed by atoms with Crippen LogP contribution < -0.4 is 10.6 Å². The SMILES string of the molecule is CCCC(C)NC(=O)C(C)NCCc1ccco1. The molecule has 1 amide bonds. The van der Waals surface area contributed by atoms with Gasteiger partial charge in [-0.05, 0) is 32.4 Å². The van der Waals surface area contributed by atoms with Gasteiger partial charge in [0.05, 0.1) is 12.3 Å². The van der Waals surface area contributed by atoms with Gasteiger partial charge in [0.15, 0.2) is 0 Å². The Hall–Kier alpha value is -1.29. The van der Waals surface area contributed by atoms with Crippen molar-refractivity contribution in [3.05, 3.63) is 24.2 Å². The van der Waals surface area contributed by atoms with Crippen LogP contribution >= 0.6 is 0 Å². The summed E-state index contributed by atoms with van der Waals surface area (Å²) in [7, 11) is 0. The van der Waals surface area contributed by atoms with E-state index in [-0.39, 0.29) is 18.0 Å². The Morgan fingerprint density at radius 3 is 2.83 bits per heavy atom. The van der Waals surface area contributed by atoms with E-state index < -0.39 is 0 Å². The molecule has 0 saturated carbocycles. The lowest BCUT2D eigenvalue weighted by Gasteiger charge is -2.17. The molecule has 0 aliphatic rings. The van der Waals surface area contributed by atoms with Crippen molar-refractivity contribution in [2.24, 2.45) is 0 Å². The van der Waals surface area contributed by atoms with Crippen LogP contribution in [0.15, 0.2) is 22.8 Å². The van der Waals surface area contributed by atoms with Gasteiger partial charge in [-0.2, -0.15) is 0 Å². The summed E-state index contributed by atoms with van der Waals surface area (Å²) >= 11 is 0. The van der Waals surface area contributed by atoms with E-state index in [2.05, 4.69) is 17.6 Å². The van der Waals surface area contributed by atoms with E-state index in [1.165, 1.54) is 0 Å². The first kappa shape index (κ1) is 14.8. The van der Waals surface area contributed by atoms with Crippen molar-refractivity contribution in [3.63, 3.8) is 0 Å². The van der Waals surface area contributed by atoms with E-state index in [1.54, 1.807) is 6.26 Å². The van der Waals surface area contributed by atoms with Gasteiger partial charge in [-0.3, -0.25) is 4.79 Å². The van der Waals surface area contributed by atoms with Crippen molar-refractivity contribution in [1.82, 2.24) is 10.6 Å². The molecular formula is C14H24N2O2. The fourth-order valence-corrected chi connectivity index (χ4v) is 1.83. The number of carbonyl (C=O) groups is 1. The van der Waals surface area contributed by atoms with Crippen molar-refractivity contribution in [1.29, 1.82) is 0 Å². The molecule has 0 spiro atoms. The molecule has 0 radical (unpaired) electrons. The summed E-state index contributed by atoms with van der Waals surface area (Å²) in [6.07, 6.45) is 4.57. The van der Waals surface area contributed by atoms with Crippen molar-refractivity contribution in [2.75, 3.05) is 6.54 Å². The van der Waals surface area contributed by atoms with E-state index in [0.717, 1.165) is 31.6 Å². The van der Waals surface area contributed by atoms with Crippen LogP contribution in [0.5, 0.6) is 0 Å². The molecule has 0 saturated heterocycles. The third kappa shape index (κ3) is 5.36. The number of rotatable bonds is 8. The Labute approximate surface area is 109 Å². The first-order valence-electron chi connectivity index (χ1n) is 6.69. The maximum atomic E-state index is 11.8. The molecule has 1 aromatic rings. The molecule has 1 heterocycles. The lowest BCUT2D eigenvalue weighted by atomic mass is 10.2. The minimum atomic E-state index is -0.167. The standard InChI is InChI=1S/C14H24N2O2/c1-4-6-11(2)16-14(17)12(3)15-9-8-13-7-5-10-18-13/h5,7,10-12,15H,4,6,8-9H2,1-3H3,(H,16,17). The normalized spacial score (nSPS) is 14.2. The second-order valence-corrected chi connectivity index (χ2v) is 4.70. The molecule has 0 aliphatic heterocycles. The molecule has 2 unspecified atom stereocenters. The van der Waals surface area contributed by atoms with Crippen LogP contribution in [0.25, 0.3) is 0 Å². The third-order valence-electron chi connectivity index (χ3n) is 2.91. The van der Waals surface area contributed by atoms with Gasteiger partial charge in [0.2, 0.25) is 5.91 Å². The molecule has 2 N–H and O–H groups in total. The fourth-order valence-electron chi connectivity index (χ4n) is 1.83. The maximum Gasteiger partial charge on any atom is 0.237 e. The maximum absolute atomic E-state index is 11.8. The van der Waals surface area contributed by atoms with Crippen LogP contribution in [0.1, 0.15) is 39.4 Å². The summed E-state index contributed by atoms with van der Waals surface area (Å²) in [4.78, 5) is 11.8. The van der Waals surface area contributed by atoms with Crippen molar-refractivity contribution < 1.29 is 9.21 Å². The number of carbonyl (C=O) groups excluding carboxylic acids is 1. The van der Waals surface area contributed by atoms with Crippen molar-refractivity contribution in [2.45, 2.75) is 52.1 Å². The fraction of sp³-hybridized carbons (Fsp3) is 0.643. The molecule has 2 atom stereocenters. The van der Waals surface area contributed by atoms with Crippen LogP contribution in [0.3, 0.4) is 0 Å². The molecular weight excluding hydrogens is 228 g/mol. The largest absolute Gasteiger partial charge is 0.469 e. The summed E-state index contributed by atoms with van der Waals surface area (Å²) in [5.74, 6) is 1.00. The Bertz CT molecular complexity index is 336. The summed E-state index contributed by atoms with van der Waals surface area (Å²) in [6.45, 7) is 6.78. The molecule has 4 heteroatoms. The van der Waals surface area contributed by atoms with E-state index in [9.17, 15) is 4.79 Å². The first-order valence-corrected chi connectivity index (χ1v) is 6.69. The van der Waals surface area contributed by atoms with Gasteiger partial charge >= 0.3 is 0 Å². The predicted octanol–water partition coefficient (Wildman–Crippen LogP) is 2.10. The molecule has 4 nitrogen and oxygen atoms in total. The molecule has 1 aromatic heterocycles. The highest BCUT2D eigenvalue weighted by Gasteiger charge is 2.13. The zero-order valence-corrected chi connectivity index (χ0v) is 11.5. The quantitative estimate of drug-likeness (QED) is 0.745. The number of amides is 1. The summed E-state index contributed by atoms with van der Waals surface area (Å²) in [5, 5.41) is 6.20. The van der Waals surface area contributed by atoms with E-state index in [1.807, 2.05) is 26.0 Å². The zero-order chi connectivity index (χ0) is 13.4. The van der Waals surface area contributed by atoms with Crippen LogP contribution in [-0.2, 0) is 11.2 Å². The average molecular weight is 252 g/mol. The Kier molecular flexibility index (Phi) is 6.50. The van der Waals surface area contributed by atoms with Crippen LogP contribution in [0.4, 0.5) is 0 Å². The number of furan rings is 1. The van der Waals surface area contributed by atoms with Crippen LogP contribution in [-0.4, -0.2) is 24.5 Å². The lowest BCUT2D eigenvalue weighted by Crippen LogP contribution is -2.45. The highest BCUT2D eigenvalue weighted by molar-refractivity contribution is 5.81. The zero-order valence-electron chi connectivity index (χ0n) is 11.5. The van der Waals surface area contributed by atoms with Crippen LogP contribution in [0, 0.1) is 0 Å². The number of hydrogen-bond acceptors (Lipinski definition) is 3. The minimum absolute atomic E-state index is 0.0652. The first-order chi connectivity index (χ1) is 8.63. The summed E-state index contributed by atoms with van der Waals surface area (Å²) < 4.78 is 5.23. The van der Waals surface area contributed by atoms with E-state index in [4.69, 9.17) is 4.42 Å². The number of hydrogen-bond donors (Lipinski definition) is 2. The molecule has 102 valence electrons. The predicted molar refractivity (Wildman–Crippen MR) is 72.4 cm³/mol. The van der Waals surface area contributed by atoms with Gasteiger partial charge in [0.1, 0.15) is 5.76 Å².